The van der Waals surface area contributed by atoms with Crippen LogP contribution in [0.3, 0.4) is 0 Å². The lowest BCUT2D eigenvalue weighted by molar-refractivity contribution is -0.135. The summed E-state index contributed by atoms with van der Waals surface area (Å²) < 4.78 is 5.21. The highest BCUT2D eigenvalue weighted by Gasteiger charge is 2.17. The minimum atomic E-state index is 0.0529. The van der Waals surface area contributed by atoms with E-state index in [4.69, 9.17) is 4.74 Å². The van der Waals surface area contributed by atoms with Crippen molar-refractivity contribution in [1.29, 1.82) is 0 Å². The molecule has 21 heavy (non-hydrogen) atoms. The Kier molecular flexibility index (Phi) is 6.95. The second-order valence-corrected chi connectivity index (χ2v) is 5.78. The van der Waals surface area contributed by atoms with Gasteiger partial charge in [0.15, 0.2) is 0 Å². The van der Waals surface area contributed by atoms with Crippen LogP contribution in [0, 0.1) is 0 Å². The number of nitrogens with one attached hydrogen (secondary N) is 2. The number of hydrogen-bond acceptors (Lipinski definition) is 4. The van der Waals surface area contributed by atoms with Crippen LogP contribution in [0.15, 0.2) is 0 Å². The van der Waals surface area contributed by atoms with Gasteiger partial charge in [-0.2, -0.15) is 0 Å². The van der Waals surface area contributed by atoms with Gasteiger partial charge in [-0.05, 0) is 25.8 Å². The number of morpholine rings is 1. The molecule has 2 fully saturated rings. The molecule has 0 aromatic heterocycles. The third-order valence-electron chi connectivity index (χ3n) is 4.16. The predicted molar refractivity (Wildman–Crippen MR) is 79.9 cm³/mol. The summed E-state index contributed by atoms with van der Waals surface area (Å²) in [6.45, 7) is 4.08. The number of ether oxygens (including phenoxy) is 1. The third kappa shape index (κ3) is 6.01. The summed E-state index contributed by atoms with van der Waals surface area (Å²) in [4.78, 5) is 25.5. The van der Waals surface area contributed by atoms with Crippen molar-refractivity contribution in [3.05, 3.63) is 0 Å². The molecule has 2 saturated heterocycles. The second-order valence-electron chi connectivity index (χ2n) is 5.78. The number of carbonyl (C=O) groups excluding carboxylic acids is 2. The average Bonchev–Trinajstić information content (AvgIpc) is 2.54. The van der Waals surface area contributed by atoms with E-state index in [0.29, 0.717) is 51.7 Å². The fraction of sp³-hybridized carbons (Fsp3) is 0.867. The molecule has 0 aromatic rings. The molecule has 0 radical (unpaired) electrons. The summed E-state index contributed by atoms with van der Waals surface area (Å²) >= 11 is 0. The van der Waals surface area contributed by atoms with E-state index in [-0.39, 0.29) is 11.8 Å². The Balaban J connectivity index is 1.52. The fourth-order valence-electron chi connectivity index (χ4n) is 2.84. The van der Waals surface area contributed by atoms with Crippen molar-refractivity contribution >= 4 is 11.8 Å². The van der Waals surface area contributed by atoms with Crippen LogP contribution < -0.4 is 10.6 Å². The van der Waals surface area contributed by atoms with Crippen LogP contribution in [0.1, 0.15) is 38.5 Å². The van der Waals surface area contributed by atoms with Crippen LogP contribution in [-0.4, -0.2) is 62.1 Å². The highest BCUT2D eigenvalue weighted by molar-refractivity contribution is 5.79. The first kappa shape index (κ1) is 16.2. The van der Waals surface area contributed by atoms with Crippen LogP contribution in [-0.2, 0) is 14.3 Å². The first-order valence-electron chi connectivity index (χ1n) is 8.11. The van der Waals surface area contributed by atoms with E-state index < -0.39 is 0 Å². The first-order valence-corrected chi connectivity index (χ1v) is 8.11. The minimum Gasteiger partial charge on any atom is -0.378 e. The minimum absolute atomic E-state index is 0.0529. The van der Waals surface area contributed by atoms with Gasteiger partial charge in [0.25, 0.3) is 0 Å². The highest BCUT2D eigenvalue weighted by Crippen LogP contribution is 2.11. The monoisotopic (exact) mass is 297 g/mol. The van der Waals surface area contributed by atoms with Gasteiger partial charge in [0.2, 0.25) is 11.8 Å². The number of rotatable bonds is 6. The van der Waals surface area contributed by atoms with Gasteiger partial charge in [0, 0.05) is 38.5 Å². The van der Waals surface area contributed by atoms with E-state index in [1.54, 1.807) is 0 Å². The van der Waals surface area contributed by atoms with Gasteiger partial charge in [0.05, 0.1) is 13.2 Å². The summed E-state index contributed by atoms with van der Waals surface area (Å²) in [6, 6.07) is 0.486. The van der Waals surface area contributed by atoms with Crippen molar-refractivity contribution < 1.29 is 14.3 Å². The molecule has 2 amide bonds. The quantitative estimate of drug-likeness (QED) is 0.738. The third-order valence-corrected chi connectivity index (χ3v) is 4.16. The maximum absolute atomic E-state index is 11.9. The lowest BCUT2D eigenvalue weighted by atomic mass is 10.0. The zero-order valence-corrected chi connectivity index (χ0v) is 12.7. The van der Waals surface area contributed by atoms with Crippen LogP contribution in [0.5, 0.6) is 0 Å². The Labute approximate surface area is 126 Å². The van der Waals surface area contributed by atoms with Gasteiger partial charge in [-0.1, -0.05) is 6.42 Å². The number of nitrogens with zero attached hydrogens (tertiary/aromatic N) is 1. The van der Waals surface area contributed by atoms with Crippen LogP contribution in [0.4, 0.5) is 0 Å². The lowest BCUT2D eigenvalue weighted by Crippen LogP contribution is -2.42. The van der Waals surface area contributed by atoms with Crippen LogP contribution in [0.2, 0.25) is 0 Å². The van der Waals surface area contributed by atoms with Crippen molar-refractivity contribution in [2.45, 2.75) is 44.6 Å². The Morgan fingerprint density at radius 3 is 2.71 bits per heavy atom. The van der Waals surface area contributed by atoms with Crippen LogP contribution >= 0.6 is 0 Å². The molecule has 2 N–H and O–H groups in total. The largest absolute Gasteiger partial charge is 0.378 e. The molecule has 2 rings (SSSR count). The predicted octanol–water partition coefficient (Wildman–Crippen LogP) is 0.274. The van der Waals surface area contributed by atoms with E-state index in [9.17, 15) is 9.59 Å². The number of hydrogen-bond donors (Lipinski definition) is 2. The summed E-state index contributed by atoms with van der Waals surface area (Å²) in [5.41, 5.74) is 0. The Morgan fingerprint density at radius 2 is 2.00 bits per heavy atom. The van der Waals surface area contributed by atoms with Crippen molar-refractivity contribution in [3.63, 3.8) is 0 Å². The van der Waals surface area contributed by atoms with E-state index in [0.717, 1.165) is 13.0 Å². The molecule has 0 spiro atoms. The molecule has 1 unspecified atom stereocenters. The van der Waals surface area contributed by atoms with E-state index >= 15 is 0 Å². The average molecular weight is 297 g/mol. The fourth-order valence-corrected chi connectivity index (χ4v) is 2.84. The van der Waals surface area contributed by atoms with Crippen molar-refractivity contribution in [2.24, 2.45) is 0 Å². The summed E-state index contributed by atoms with van der Waals surface area (Å²) in [7, 11) is 0. The summed E-state index contributed by atoms with van der Waals surface area (Å²) in [5.74, 6) is 0.157. The van der Waals surface area contributed by atoms with Crippen molar-refractivity contribution in [2.75, 3.05) is 39.4 Å². The van der Waals surface area contributed by atoms with Crippen molar-refractivity contribution in [1.82, 2.24) is 15.5 Å². The second kappa shape index (κ2) is 9.00. The topological polar surface area (TPSA) is 70.7 Å². The number of carbonyl (C=O) groups is 2. The standard InChI is InChI=1S/C15H27N3O3/c19-14(5-4-13-3-1-2-7-16-13)17-8-6-15(20)18-9-11-21-12-10-18/h13,16H,1-12H2,(H,17,19). The maximum atomic E-state index is 11.9. The Morgan fingerprint density at radius 1 is 1.19 bits per heavy atom. The molecule has 2 heterocycles. The molecular weight excluding hydrogens is 270 g/mol. The smallest absolute Gasteiger partial charge is 0.224 e. The lowest BCUT2D eigenvalue weighted by Gasteiger charge is -2.26. The molecule has 2 aliphatic heterocycles. The molecule has 6 nitrogen and oxygen atoms in total. The number of amides is 2. The maximum Gasteiger partial charge on any atom is 0.224 e. The Hall–Kier alpha value is -1.14. The van der Waals surface area contributed by atoms with Crippen LogP contribution in [0.25, 0.3) is 0 Å². The SMILES string of the molecule is O=C(CCC1CCCCN1)NCCC(=O)N1CCOCC1. The molecular formula is C15H27N3O3. The zero-order valence-electron chi connectivity index (χ0n) is 12.7. The van der Waals surface area contributed by atoms with E-state index in [1.165, 1.54) is 19.3 Å². The first-order chi connectivity index (χ1) is 10.3. The zero-order chi connectivity index (χ0) is 14.9. The highest BCUT2D eigenvalue weighted by atomic mass is 16.5. The molecule has 120 valence electrons. The Bertz CT molecular complexity index is 337. The van der Waals surface area contributed by atoms with Gasteiger partial charge in [-0.3, -0.25) is 9.59 Å². The number of piperidine rings is 1. The molecule has 0 saturated carbocycles. The van der Waals surface area contributed by atoms with Gasteiger partial charge in [0.1, 0.15) is 0 Å². The molecule has 0 bridgehead atoms. The molecule has 2 aliphatic rings. The molecule has 0 aromatic carbocycles. The molecule has 6 heteroatoms. The van der Waals surface area contributed by atoms with Gasteiger partial charge in [-0.15, -0.1) is 0 Å². The van der Waals surface area contributed by atoms with E-state index in [2.05, 4.69) is 10.6 Å². The van der Waals surface area contributed by atoms with Gasteiger partial charge in [-0.25, -0.2) is 0 Å². The van der Waals surface area contributed by atoms with Crippen molar-refractivity contribution in [3.8, 4) is 0 Å². The molecule has 0 aliphatic carbocycles. The molecule has 1 atom stereocenters. The van der Waals surface area contributed by atoms with E-state index in [1.807, 2.05) is 4.90 Å². The van der Waals surface area contributed by atoms with Gasteiger partial charge >= 0.3 is 0 Å². The summed E-state index contributed by atoms with van der Waals surface area (Å²) in [5, 5.41) is 6.29. The van der Waals surface area contributed by atoms with Gasteiger partial charge < -0.3 is 20.3 Å². The normalized spacial score (nSPS) is 22.9. The summed E-state index contributed by atoms with van der Waals surface area (Å²) in [6.07, 6.45) is 5.49.